The molecule has 0 aliphatic heterocycles. The highest BCUT2D eigenvalue weighted by Gasteiger charge is 2.16. The molecule has 0 saturated carbocycles. The summed E-state index contributed by atoms with van der Waals surface area (Å²) in [7, 11) is 1.41. The molecule has 0 amide bonds. The maximum absolute atomic E-state index is 12.4. The summed E-state index contributed by atoms with van der Waals surface area (Å²) in [5.41, 5.74) is 5.65. The largest absolute Gasteiger partial charge is 0.481 e. The van der Waals surface area contributed by atoms with Gasteiger partial charge in [0, 0.05) is 12.1 Å². The summed E-state index contributed by atoms with van der Waals surface area (Å²) in [5, 5.41) is 0. The minimum atomic E-state index is -2.58. The summed E-state index contributed by atoms with van der Waals surface area (Å²) in [4.78, 5) is 3.82. The predicted molar refractivity (Wildman–Crippen MR) is 51.3 cm³/mol. The fourth-order valence-corrected chi connectivity index (χ4v) is 1.46. The zero-order chi connectivity index (χ0) is 10.7. The van der Waals surface area contributed by atoms with Crippen molar-refractivity contribution in [2.24, 2.45) is 5.73 Å². The second-order valence-electron chi connectivity index (χ2n) is 2.54. The van der Waals surface area contributed by atoms with Crippen LogP contribution in [0.4, 0.5) is 8.78 Å². The maximum atomic E-state index is 12.4. The average Bonchev–Trinajstić information content (AvgIpc) is 2.16. The third-order valence-electron chi connectivity index (χ3n) is 1.69. The van der Waals surface area contributed by atoms with Crippen LogP contribution in [0.15, 0.2) is 10.7 Å². The van der Waals surface area contributed by atoms with E-state index in [9.17, 15) is 8.78 Å². The number of pyridine rings is 1. The Balaban J connectivity index is 3.23. The first-order chi connectivity index (χ1) is 6.60. The molecule has 0 aliphatic rings. The van der Waals surface area contributed by atoms with E-state index in [0.29, 0.717) is 5.56 Å². The Morgan fingerprint density at radius 2 is 2.29 bits per heavy atom. The van der Waals surface area contributed by atoms with Gasteiger partial charge in [0.2, 0.25) is 5.88 Å². The highest BCUT2D eigenvalue weighted by molar-refractivity contribution is 9.10. The Kier molecular flexibility index (Phi) is 3.77. The summed E-state index contributed by atoms with van der Waals surface area (Å²) in [6.07, 6.45) is -2.58. The SMILES string of the molecule is COc1nc(Br)c(C(F)F)cc1CN. The van der Waals surface area contributed by atoms with Gasteiger partial charge in [-0.1, -0.05) is 0 Å². The van der Waals surface area contributed by atoms with Gasteiger partial charge in [0.1, 0.15) is 4.60 Å². The highest BCUT2D eigenvalue weighted by Crippen LogP contribution is 2.30. The van der Waals surface area contributed by atoms with Gasteiger partial charge in [0.15, 0.2) is 0 Å². The van der Waals surface area contributed by atoms with E-state index in [4.69, 9.17) is 10.5 Å². The Morgan fingerprint density at radius 1 is 1.64 bits per heavy atom. The van der Waals surface area contributed by atoms with Crippen LogP contribution in [0.5, 0.6) is 5.88 Å². The van der Waals surface area contributed by atoms with Gasteiger partial charge in [-0.25, -0.2) is 13.8 Å². The van der Waals surface area contributed by atoms with Gasteiger partial charge in [-0.2, -0.15) is 0 Å². The van der Waals surface area contributed by atoms with Gasteiger partial charge in [0.25, 0.3) is 6.43 Å². The molecule has 0 aromatic carbocycles. The Morgan fingerprint density at radius 3 is 2.71 bits per heavy atom. The molecule has 0 aliphatic carbocycles. The summed E-state index contributed by atoms with van der Waals surface area (Å²) in [5.74, 6) is 0.267. The topological polar surface area (TPSA) is 48.1 Å². The van der Waals surface area contributed by atoms with Crippen molar-refractivity contribution in [3.63, 3.8) is 0 Å². The summed E-state index contributed by atoms with van der Waals surface area (Å²) in [6.45, 7) is 0.114. The lowest BCUT2D eigenvalue weighted by Crippen LogP contribution is -2.04. The number of methoxy groups -OCH3 is 1. The zero-order valence-electron chi connectivity index (χ0n) is 7.43. The van der Waals surface area contributed by atoms with Crippen LogP contribution in [-0.2, 0) is 6.54 Å². The van der Waals surface area contributed by atoms with Crippen LogP contribution in [0.25, 0.3) is 0 Å². The molecular weight excluding hydrogens is 258 g/mol. The molecule has 0 spiro atoms. The monoisotopic (exact) mass is 266 g/mol. The first-order valence-corrected chi connectivity index (χ1v) is 4.61. The number of nitrogens with zero attached hydrogens (tertiary/aromatic N) is 1. The number of rotatable bonds is 3. The lowest BCUT2D eigenvalue weighted by atomic mass is 10.2. The first-order valence-electron chi connectivity index (χ1n) is 3.81. The van der Waals surface area contributed by atoms with Crippen molar-refractivity contribution < 1.29 is 13.5 Å². The fraction of sp³-hybridized carbons (Fsp3) is 0.375. The standard InChI is InChI=1S/C8H9BrF2N2O/c1-14-8-4(3-12)2-5(7(10)11)6(9)13-8/h2,7H,3,12H2,1H3. The van der Waals surface area contributed by atoms with Crippen LogP contribution in [-0.4, -0.2) is 12.1 Å². The molecule has 0 fully saturated rings. The Bertz CT molecular complexity index is 333. The molecule has 1 rings (SSSR count). The van der Waals surface area contributed by atoms with E-state index in [1.54, 1.807) is 0 Å². The van der Waals surface area contributed by atoms with Crippen molar-refractivity contribution in [1.82, 2.24) is 4.98 Å². The normalized spacial score (nSPS) is 10.7. The molecule has 3 nitrogen and oxygen atoms in total. The van der Waals surface area contributed by atoms with Crippen molar-refractivity contribution in [1.29, 1.82) is 0 Å². The van der Waals surface area contributed by atoms with Crippen molar-refractivity contribution >= 4 is 15.9 Å². The number of ether oxygens (including phenoxy) is 1. The van der Waals surface area contributed by atoms with Crippen molar-refractivity contribution in [2.45, 2.75) is 13.0 Å². The molecular formula is C8H9BrF2N2O. The maximum Gasteiger partial charge on any atom is 0.266 e. The lowest BCUT2D eigenvalue weighted by Gasteiger charge is -2.09. The molecule has 2 N–H and O–H groups in total. The second-order valence-corrected chi connectivity index (χ2v) is 3.29. The first kappa shape index (κ1) is 11.3. The summed E-state index contributed by atoms with van der Waals surface area (Å²) in [6, 6.07) is 1.29. The number of alkyl halides is 2. The molecule has 0 radical (unpaired) electrons. The molecule has 0 atom stereocenters. The molecule has 14 heavy (non-hydrogen) atoms. The predicted octanol–water partition coefficient (Wildman–Crippen LogP) is 2.25. The van der Waals surface area contributed by atoms with Crippen molar-refractivity contribution in [3.8, 4) is 5.88 Å². The summed E-state index contributed by atoms with van der Waals surface area (Å²) < 4.78 is 29.8. The zero-order valence-corrected chi connectivity index (χ0v) is 9.01. The Hall–Kier alpha value is -0.750. The Labute approximate surface area is 88.4 Å². The van der Waals surface area contributed by atoms with Gasteiger partial charge in [0.05, 0.1) is 12.7 Å². The van der Waals surface area contributed by atoms with E-state index in [0.717, 1.165) is 0 Å². The van der Waals surface area contributed by atoms with Gasteiger partial charge >= 0.3 is 0 Å². The van der Waals surface area contributed by atoms with E-state index in [1.807, 2.05) is 0 Å². The minimum absolute atomic E-state index is 0.0848. The summed E-state index contributed by atoms with van der Waals surface area (Å²) >= 11 is 2.94. The number of hydrogen-bond donors (Lipinski definition) is 1. The molecule has 6 heteroatoms. The number of aromatic nitrogens is 1. The van der Waals surface area contributed by atoms with Crippen LogP contribution < -0.4 is 10.5 Å². The van der Waals surface area contributed by atoms with E-state index in [2.05, 4.69) is 20.9 Å². The third kappa shape index (κ3) is 2.19. The van der Waals surface area contributed by atoms with E-state index >= 15 is 0 Å². The molecule has 1 aromatic heterocycles. The van der Waals surface area contributed by atoms with Gasteiger partial charge in [-0.05, 0) is 22.0 Å². The quantitative estimate of drug-likeness (QED) is 0.854. The molecule has 1 aromatic rings. The van der Waals surface area contributed by atoms with Gasteiger partial charge < -0.3 is 10.5 Å². The van der Waals surface area contributed by atoms with E-state index in [1.165, 1.54) is 13.2 Å². The lowest BCUT2D eigenvalue weighted by molar-refractivity contribution is 0.149. The molecule has 78 valence electrons. The van der Waals surface area contributed by atoms with Crippen LogP contribution in [0.2, 0.25) is 0 Å². The van der Waals surface area contributed by atoms with Crippen molar-refractivity contribution in [3.05, 3.63) is 21.8 Å². The smallest absolute Gasteiger partial charge is 0.266 e. The van der Waals surface area contributed by atoms with Crippen LogP contribution >= 0.6 is 15.9 Å². The molecule has 1 heterocycles. The second kappa shape index (κ2) is 4.65. The molecule has 0 unspecified atom stereocenters. The molecule has 0 saturated heterocycles. The average molecular weight is 267 g/mol. The van der Waals surface area contributed by atoms with E-state index < -0.39 is 6.43 Å². The minimum Gasteiger partial charge on any atom is -0.481 e. The van der Waals surface area contributed by atoms with Crippen molar-refractivity contribution in [2.75, 3.05) is 7.11 Å². The number of hydrogen-bond acceptors (Lipinski definition) is 3. The highest BCUT2D eigenvalue weighted by atomic mass is 79.9. The van der Waals surface area contributed by atoms with Crippen LogP contribution in [0, 0.1) is 0 Å². The molecule has 0 bridgehead atoms. The number of nitrogens with two attached hydrogens (primary N) is 1. The third-order valence-corrected chi connectivity index (χ3v) is 2.33. The van der Waals surface area contributed by atoms with Crippen LogP contribution in [0.1, 0.15) is 17.6 Å². The fourth-order valence-electron chi connectivity index (χ4n) is 1.01. The van der Waals surface area contributed by atoms with Crippen LogP contribution in [0.3, 0.4) is 0 Å². The van der Waals surface area contributed by atoms with Gasteiger partial charge in [-0.3, -0.25) is 0 Å². The van der Waals surface area contributed by atoms with E-state index in [-0.39, 0.29) is 22.6 Å². The number of halogens is 3. The van der Waals surface area contributed by atoms with Gasteiger partial charge in [-0.15, -0.1) is 0 Å².